The second-order valence-electron chi connectivity index (χ2n) is 8.09. The molecule has 3 aromatic rings. The van der Waals surface area contributed by atoms with Crippen LogP contribution >= 0.6 is 0 Å². The standard InChI is InChI=1S/C23H28N4O4/c1-13(2)27-12-25-18-10-17(15-6-7-19(29-4)20(8-15)30-5)26-23(22(18)27)31-14(3)16-9-21(28)24-11-16/h6-8,10,12-14,16H,9,11H2,1-5H3,(H,24,28)/t14-,16-/m1/s1. The van der Waals surface area contributed by atoms with Crippen molar-refractivity contribution >= 4 is 16.9 Å². The molecule has 8 nitrogen and oxygen atoms in total. The summed E-state index contributed by atoms with van der Waals surface area (Å²) in [5.41, 5.74) is 3.25. The first-order valence-corrected chi connectivity index (χ1v) is 10.4. The van der Waals surface area contributed by atoms with E-state index < -0.39 is 0 Å². The third-order valence-corrected chi connectivity index (χ3v) is 5.73. The van der Waals surface area contributed by atoms with Crippen molar-refractivity contribution in [1.82, 2.24) is 19.9 Å². The van der Waals surface area contributed by atoms with Crippen LogP contribution in [-0.4, -0.2) is 47.3 Å². The van der Waals surface area contributed by atoms with Gasteiger partial charge in [-0.05, 0) is 45.0 Å². The Labute approximate surface area is 181 Å². The van der Waals surface area contributed by atoms with Crippen LogP contribution in [0.5, 0.6) is 17.4 Å². The van der Waals surface area contributed by atoms with E-state index >= 15 is 0 Å². The maximum Gasteiger partial charge on any atom is 0.241 e. The van der Waals surface area contributed by atoms with Gasteiger partial charge in [-0.1, -0.05) is 0 Å². The van der Waals surface area contributed by atoms with Crippen molar-refractivity contribution in [1.29, 1.82) is 0 Å². The molecule has 1 aliphatic rings. The topological polar surface area (TPSA) is 87.5 Å². The van der Waals surface area contributed by atoms with Crippen molar-refractivity contribution < 1.29 is 19.0 Å². The monoisotopic (exact) mass is 424 g/mol. The first-order chi connectivity index (χ1) is 14.9. The Balaban J connectivity index is 1.79. The number of nitrogens with zero attached hydrogens (tertiary/aromatic N) is 3. The lowest BCUT2D eigenvalue weighted by Gasteiger charge is -2.21. The Kier molecular flexibility index (Phi) is 5.71. The summed E-state index contributed by atoms with van der Waals surface area (Å²) in [6.45, 7) is 6.78. The third kappa shape index (κ3) is 4.02. The number of aromatic nitrogens is 3. The minimum absolute atomic E-state index is 0.0601. The molecule has 4 rings (SSSR count). The first-order valence-electron chi connectivity index (χ1n) is 10.4. The zero-order valence-electron chi connectivity index (χ0n) is 18.5. The molecule has 3 heterocycles. The molecule has 0 bridgehead atoms. The highest BCUT2D eigenvalue weighted by molar-refractivity contribution is 5.85. The van der Waals surface area contributed by atoms with Gasteiger partial charge in [0.2, 0.25) is 11.8 Å². The van der Waals surface area contributed by atoms with E-state index in [-0.39, 0.29) is 24.0 Å². The van der Waals surface area contributed by atoms with E-state index in [1.807, 2.05) is 37.5 Å². The predicted octanol–water partition coefficient (Wildman–Crippen LogP) is 3.60. The second kappa shape index (κ2) is 8.45. The summed E-state index contributed by atoms with van der Waals surface area (Å²) in [6, 6.07) is 7.83. The lowest BCUT2D eigenvalue weighted by molar-refractivity contribution is -0.119. The number of benzene rings is 1. The molecule has 0 radical (unpaired) electrons. The van der Waals surface area contributed by atoms with E-state index in [0.717, 1.165) is 22.3 Å². The fraction of sp³-hybridized carbons (Fsp3) is 0.435. The number of methoxy groups -OCH3 is 2. The number of hydrogen-bond acceptors (Lipinski definition) is 6. The van der Waals surface area contributed by atoms with Crippen LogP contribution in [0.15, 0.2) is 30.6 Å². The number of carbonyl (C=O) groups is 1. The van der Waals surface area contributed by atoms with E-state index in [0.29, 0.717) is 30.3 Å². The number of hydrogen-bond donors (Lipinski definition) is 1. The van der Waals surface area contributed by atoms with Crippen LogP contribution in [0, 0.1) is 5.92 Å². The van der Waals surface area contributed by atoms with Gasteiger partial charge in [0.05, 0.1) is 31.8 Å². The van der Waals surface area contributed by atoms with Crippen LogP contribution in [0.2, 0.25) is 0 Å². The van der Waals surface area contributed by atoms with Gasteiger partial charge in [0, 0.05) is 30.5 Å². The molecule has 1 fully saturated rings. The Morgan fingerprint density at radius 2 is 1.90 bits per heavy atom. The third-order valence-electron chi connectivity index (χ3n) is 5.73. The van der Waals surface area contributed by atoms with Crippen molar-refractivity contribution in [3.05, 3.63) is 30.6 Å². The van der Waals surface area contributed by atoms with Crippen molar-refractivity contribution in [2.24, 2.45) is 5.92 Å². The van der Waals surface area contributed by atoms with E-state index in [4.69, 9.17) is 19.2 Å². The lowest BCUT2D eigenvalue weighted by Crippen LogP contribution is -2.26. The quantitative estimate of drug-likeness (QED) is 0.624. The molecule has 1 aromatic carbocycles. The van der Waals surface area contributed by atoms with Gasteiger partial charge in [-0.25, -0.2) is 9.97 Å². The molecule has 0 unspecified atom stereocenters. The Morgan fingerprint density at radius 3 is 2.55 bits per heavy atom. The SMILES string of the molecule is COc1ccc(-c2cc3ncn(C(C)C)c3c(O[C@H](C)[C@H]3CNC(=O)C3)n2)cc1OC. The molecule has 31 heavy (non-hydrogen) atoms. The number of rotatable bonds is 7. The van der Waals surface area contributed by atoms with Crippen molar-refractivity contribution in [2.45, 2.75) is 39.3 Å². The highest BCUT2D eigenvalue weighted by Crippen LogP contribution is 2.35. The van der Waals surface area contributed by atoms with Crippen LogP contribution in [-0.2, 0) is 4.79 Å². The molecule has 0 saturated carbocycles. The second-order valence-corrected chi connectivity index (χ2v) is 8.09. The van der Waals surface area contributed by atoms with Crippen LogP contribution in [0.3, 0.4) is 0 Å². The molecule has 164 valence electrons. The number of fused-ring (bicyclic) bond motifs is 1. The summed E-state index contributed by atoms with van der Waals surface area (Å²) in [6.07, 6.45) is 2.10. The summed E-state index contributed by atoms with van der Waals surface area (Å²) in [7, 11) is 3.21. The van der Waals surface area contributed by atoms with Gasteiger partial charge in [0.1, 0.15) is 11.6 Å². The smallest absolute Gasteiger partial charge is 0.241 e. The number of imidazole rings is 1. The van der Waals surface area contributed by atoms with Crippen molar-refractivity contribution in [2.75, 3.05) is 20.8 Å². The fourth-order valence-electron chi connectivity index (χ4n) is 3.87. The van der Waals surface area contributed by atoms with E-state index in [2.05, 4.69) is 28.7 Å². The van der Waals surface area contributed by atoms with Crippen LogP contribution < -0.4 is 19.5 Å². The highest BCUT2D eigenvalue weighted by atomic mass is 16.5. The Hall–Kier alpha value is -3.29. The molecule has 1 aliphatic heterocycles. The van der Waals surface area contributed by atoms with Crippen LogP contribution in [0.25, 0.3) is 22.3 Å². The molecular weight excluding hydrogens is 396 g/mol. The molecule has 1 N–H and O–H groups in total. The zero-order valence-corrected chi connectivity index (χ0v) is 18.5. The number of nitrogens with one attached hydrogen (secondary N) is 1. The van der Waals surface area contributed by atoms with Crippen molar-refractivity contribution in [3.8, 4) is 28.6 Å². The predicted molar refractivity (Wildman–Crippen MR) is 118 cm³/mol. The number of carbonyl (C=O) groups excluding carboxylic acids is 1. The Bertz CT molecular complexity index is 1110. The van der Waals surface area contributed by atoms with Crippen LogP contribution in [0.4, 0.5) is 0 Å². The fourth-order valence-corrected chi connectivity index (χ4v) is 3.87. The molecule has 1 saturated heterocycles. The summed E-state index contributed by atoms with van der Waals surface area (Å²) in [5, 5.41) is 2.88. The largest absolute Gasteiger partial charge is 0.493 e. The first kappa shape index (κ1) is 21.0. The van der Waals surface area contributed by atoms with E-state index in [1.54, 1.807) is 14.2 Å². The minimum atomic E-state index is -0.175. The van der Waals surface area contributed by atoms with Crippen LogP contribution in [0.1, 0.15) is 33.2 Å². The van der Waals surface area contributed by atoms with E-state index in [9.17, 15) is 4.79 Å². The van der Waals surface area contributed by atoms with E-state index in [1.165, 1.54) is 0 Å². The summed E-state index contributed by atoms with van der Waals surface area (Å²) in [5.74, 6) is 1.95. The van der Waals surface area contributed by atoms with Gasteiger partial charge in [-0.15, -0.1) is 0 Å². The number of ether oxygens (including phenoxy) is 3. The normalized spacial score (nSPS) is 17.1. The van der Waals surface area contributed by atoms with Gasteiger partial charge in [-0.2, -0.15) is 0 Å². The zero-order chi connectivity index (χ0) is 22.1. The summed E-state index contributed by atoms with van der Waals surface area (Å²) in [4.78, 5) is 21.1. The van der Waals surface area contributed by atoms with Gasteiger partial charge in [-0.3, -0.25) is 4.79 Å². The average molecular weight is 425 g/mol. The molecule has 8 heteroatoms. The Morgan fingerprint density at radius 1 is 1.13 bits per heavy atom. The number of pyridine rings is 1. The van der Waals surface area contributed by atoms with Gasteiger partial charge in [0.25, 0.3) is 0 Å². The molecule has 2 atom stereocenters. The lowest BCUT2D eigenvalue weighted by atomic mass is 10.0. The molecule has 0 aliphatic carbocycles. The molecule has 2 aromatic heterocycles. The molecule has 0 spiro atoms. The van der Waals surface area contributed by atoms with Gasteiger partial charge in [0.15, 0.2) is 11.5 Å². The van der Waals surface area contributed by atoms with Gasteiger partial charge < -0.3 is 24.1 Å². The molecular formula is C23H28N4O4. The highest BCUT2D eigenvalue weighted by Gasteiger charge is 2.29. The van der Waals surface area contributed by atoms with Gasteiger partial charge >= 0.3 is 0 Å². The number of amides is 1. The average Bonchev–Trinajstić information content (AvgIpc) is 3.39. The van der Waals surface area contributed by atoms with Crippen molar-refractivity contribution in [3.63, 3.8) is 0 Å². The summed E-state index contributed by atoms with van der Waals surface area (Å²) < 4.78 is 19.2. The maximum atomic E-state index is 11.7. The minimum Gasteiger partial charge on any atom is -0.493 e. The summed E-state index contributed by atoms with van der Waals surface area (Å²) >= 11 is 0. The maximum absolute atomic E-state index is 11.7. The molecule has 1 amide bonds.